The molecule has 5 nitrogen and oxygen atoms in total. The van der Waals surface area contributed by atoms with Gasteiger partial charge < -0.3 is 10.2 Å². The summed E-state index contributed by atoms with van der Waals surface area (Å²) in [5.41, 5.74) is 3.25. The van der Waals surface area contributed by atoms with Gasteiger partial charge in [0.15, 0.2) is 11.4 Å². The molecule has 9 heteroatoms. The van der Waals surface area contributed by atoms with Crippen molar-refractivity contribution in [2.75, 3.05) is 6.54 Å². The van der Waals surface area contributed by atoms with Crippen LogP contribution in [0.5, 0.6) is 0 Å². The number of hydrogen-bond donors (Lipinski definition) is 1. The summed E-state index contributed by atoms with van der Waals surface area (Å²) < 4.78 is 0. The van der Waals surface area contributed by atoms with Crippen LogP contribution in [0.4, 0.5) is 0 Å². The number of nitrogens with zero attached hydrogens (tertiary/aromatic N) is 1. The molecule has 1 unspecified atom stereocenters. The van der Waals surface area contributed by atoms with Gasteiger partial charge in [-0.1, -0.05) is 40.0 Å². The number of fused-ring (bicyclic) bond motifs is 1. The molecule has 0 saturated carbocycles. The normalized spacial score (nSPS) is 24.3. The van der Waals surface area contributed by atoms with Crippen molar-refractivity contribution < 1.29 is 14.4 Å². The molecule has 1 amide bonds. The van der Waals surface area contributed by atoms with E-state index in [0.29, 0.717) is 28.0 Å². The van der Waals surface area contributed by atoms with E-state index in [4.69, 9.17) is 39.6 Å². The third-order valence-corrected chi connectivity index (χ3v) is 9.35. The van der Waals surface area contributed by atoms with Crippen molar-refractivity contribution in [1.82, 2.24) is 5.32 Å². The van der Waals surface area contributed by atoms with E-state index in [0.717, 1.165) is 58.7 Å². The first-order chi connectivity index (χ1) is 15.8. The first-order valence-electron chi connectivity index (χ1n) is 11.1. The lowest BCUT2D eigenvalue weighted by Gasteiger charge is -2.23. The van der Waals surface area contributed by atoms with E-state index >= 15 is 0 Å². The third kappa shape index (κ3) is 4.20. The summed E-state index contributed by atoms with van der Waals surface area (Å²) in [6.45, 7) is 2.60. The molecule has 0 radical (unpaired) electrons. The number of Topliss-reactive ketones (excluding diaryl/α,β-unsaturated/α-hetero) is 1. The molecule has 33 heavy (non-hydrogen) atoms. The molecule has 1 saturated heterocycles. The van der Waals surface area contributed by atoms with Gasteiger partial charge in [0.1, 0.15) is 5.71 Å². The number of hydrogen-bond acceptors (Lipinski definition) is 5. The fourth-order valence-electron chi connectivity index (χ4n) is 4.92. The standard InChI is InChI=1S/C24H23Cl3N2O3S/c1-24(13-9-16(25)20(27)17(26)10-13)11-18(29-32-24)21-14-4-2-3-5-15(14)22(33-21)19(30)8-12-6-7-28-23(12)31/h9-10,12H,2-8,11H2,1H3,(H,28,31)/t12-,24?/m0/s1. The molecule has 2 aliphatic heterocycles. The summed E-state index contributed by atoms with van der Waals surface area (Å²) in [5.74, 6) is -0.180. The minimum absolute atomic E-state index is 0.0152. The molecule has 1 aromatic carbocycles. The minimum Gasteiger partial charge on any atom is -0.384 e. The quantitative estimate of drug-likeness (QED) is 0.366. The number of benzene rings is 1. The van der Waals surface area contributed by atoms with Crippen LogP contribution in [0, 0.1) is 5.92 Å². The largest absolute Gasteiger partial charge is 0.384 e. The second-order valence-corrected chi connectivity index (χ2v) is 11.3. The number of nitrogens with one attached hydrogen (secondary N) is 1. The smallest absolute Gasteiger partial charge is 0.223 e. The van der Waals surface area contributed by atoms with Gasteiger partial charge >= 0.3 is 0 Å². The van der Waals surface area contributed by atoms with Gasteiger partial charge in [0.25, 0.3) is 0 Å². The van der Waals surface area contributed by atoms with Crippen LogP contribution in [0.15, 0.2) is 17.3 Å². The van der Waals surface area contributed by atoms with Crippen molar-refractivity contribution in [2.24, 2.45) is 11.1 Å². The van der Waals surface area contributed by atoms with Crippen LogP contribution in [0.3, 0.4) is 0 Å². The van der Waals surface area contributed by atoms with Crippen molar-refractivity contribution in [2.45, 2.75) is 57.5 Å². The van der Waals surface area contributed by atoms with E-state index in [1.165, 1.54) is 16.9 Å². The summed E-state index contributed by atoms with van der Waals surface area (Å²) in [6, 6.07) is 3.53. The van der Waals surface area contributed by atoms with Gasteiger partial charge in [-0.3, -0.25) is 9.59 Å². The first-order valence-corrected chi connectivity index (χ1v) is 13.1. The van der Waals surface area contributed by atoms with E-state index in [9.17, 15) is 9.59 Å². The van der Waals surface area contributed by atoms with Crippen molar-refractivity contribution in [1.29, 1.82) is 0 Å². The molecule has 3 aliphatic rings. The highest BCUT2D eigenvalue weighted by molar-refractivity contribution is 7.16. The second kappa shape index (κ2) is 8.88. The average molecular weight is 526 g/mol. The summed E-state index contributed by atoms with van der Waals surface area (Å²) in [4.78, 5) is 33.0. The van der Waals surface area contributed by atoms with Crippen LogP contribution in [0.25, 0.3) is 0 Å². The van der Waals surface area contributed by atoms with Crippen LogP contribution < -0.4 is 5.32 Å². The third-order valence-electron chi connectivity index (χ3n) is 6.79. The molecule has 1 aliphatic carbocycles. The zero-order valence-electron chi connectivity index (χ0n) is 18.1. The maximum Gasteiger partial charge on any atom is 0.223 e. The molecule has 2 atom stereocenters. The number of rotatable bonds is 5. The molecule has 1 fully saturated rings. The van der Waals surface area contributed by atoms with Crippen LogP contribution >= 0.6 is 46.1 Å². The topological polar surface area (TPSA) is 67.8 Å². The fraction of sp³-hybridized carbons (Fsp3) is 0.458. The maximum absolute atomic E-state index is 13.2. The van der Waals surface area contributed by atoms with Crippen molar-refractivity contribution in [3.05, 3.63) is 53.6 Å². The lowest BCUT2D eigenvalue weighted by molar-refractivity contribution is -0.122. The van der Waals surface area contributed by atoms with Crippen molar-refractivity contribution >= 4 is 63.5 Å². The number of oxime groups is 1. The predicted octanol–water partition coefficient (Wildman–Crippen LogP) is 6.34. The zero-order valence-corrected chi connectivity index (χ0v) is 21.2. The summed E-state index contributed by atoms with van der Waals surface area (Å²) in [5, 5.41) is 8.33. The molecule has 1 aromatic heterocycles. The number of halogens is 3. The number of ketones is 1. The van der Waals surface area contributed by atoms with Crippen molar-refractivity contribution in [3.8, 4) is 0 Å². The maximum atomic E-state index is 13.2. The summed E-state index contributed by atoms with van der Waals surface area (Å²) in [7, 11) is 0. The van der Waals surface area contributed by atoms with Crippen LogP contribution in [-0.2, 0) is 28.1 Å². The summed E-state index contributed by atoms with van der Waals surface area (Å²) in [6.07, 6.45) is 5.48. The highest BCUT2D eigenvalue weighted by atomic mass is 35.5. The van der Waals surface area contributed by atoms with Gasteiger partial charge in [-0.05, 0) is 62.3 Å². The zero-order chi connectivity index (χ0) is 23.3. The Hall–Kier alpha value is -1.60. The highest BCUT2D eigenvalue weighted by Crippen LogP contribution is 2.44. The van der Waals surface area contributed by atoms with E-state index in [1.807, 2.05) is 6.92 Å². The summed E-state index contributed by atoms with van der Waals surface area (Å²) >= 11 is 20.1. The van der Waals surface area contributed by atoms with Gasteiger partial charge in [0.2, 0.25) is 5.91 Å². The molecule has 174 valence electrons. The molecule has 5 rings (SSSR count). The Balaban J connectivity index is 1.44. The first kappa shape index (κ1) is 23.2. The average Bonchev–Trinajstić information content (AvgIpc) is 3.49. The molecule has 2 aromatic rings. The monoisotopic (exact) mass is 524 g/mol. The molecule has 3 heterocycles. The Morgan fingerprint density at radius 3 is 2.58 bits per heavy atom. The molecular weight excluding hydrogens is 503 g/mol. The number of carbonyl (C=O) groups excluding carboxylic acids is 2. The van der Waals surface area contributed by atoms with E-state index in [-0.39, 0.29) is 24.0 Å². The molecule has 0 spiro atoms. The lowest BCUT2D eigenvalue weighted by atomic mass is 9.86. The second-order valence-electron chi connectivity index (χ2n) is 9.12. The van der Waals surface area contributed by atoms with E-state index in [1.54, 1.807) is 12.1 Å². The van der Waals surface area contributed by atoms with Crippen LogP contribution in [-0.4, -0.2) is 23.9 Å². The van der Waals surface area contributed by atoms with Gasteiger partial charge in [-0.15, -0.1) is 11.3 Å². The minimum atomic E-state index is -0.731. The van der Waals surface area contributed by atoms with E-state index < -0.39 is 5.60 Å². The van der Waals surface area contributed by atoms with Crippen LogP contribution in [0.2, 0.25) is 15.1 Å². The van der Waals surface area contributed by atoms with Crippen LogP contribution in [0.1, 0.15) is 70.3 Å². The Bertz CT molecular complexity index is 1170. The Morgan fingerprint density at radius 1 is 1.21 bits per heavy atom. The predicted molar refractivity (Wildman–Crippen MR) is 132 cm³/mol. The number of amides is 1. The van der Waals surface area contributed by atoms with E-state index in [2.05, 4.69) is 10.5 Å². The number of carbonyl (C=O) groups is 2. The molecule has 0 bridgehead atoms. The van der Waals surface area contributed by atoms with Gasteiger partial charge in [-0.2, -0.15) is 0 Å². The Morgan fingerprint density at radius 2 is 1.91 bits per heavy atom. The molecular formula is C24H23Cl3N2O3S. The highest BCUT2D eigenvalue weighted by Gasteiger charge is 2.40. The van der Waals surface area contributed by atoms with Gasteiger partial charge in [-0.25, -0.2) is 0 Å². The fourth-order valence-corrected chi connectivity index (χ4v) is 6.85. The Labute approximate surface area is 211 Å². The lowest BCUT2D eigenvalue weighted by Crippen LogP contribution is -2.22. The van der Waals surface area contributed by atoms with Gasteiger partial charge in [0, 0.05) is 30.9 Å². The SMILES string of the molecule is CC1(c2cc(Cl)c(Cl)c(Cl)c2)CC(c2sc(C(=O)C[C@@H]3CCNC3=O)c3c2CCCC3)=NO1. The van der Waals surface area contributed by atoms with Gasteiger partial charge in [0.05, 0.1) is 24.8 Å². The molecule has 1 N–H and O–H groups in total. The number of thiophene rings is 1. The van der Waals surface area contributed by atoms with Crippen molar-refractivity contribution in [3.63, 3.8) is 0 Å². The Kier molecular flexibility index (Phi) is 6.23.